The molecule has 2 fully saturated rings. The number of hydrogen-bond acceptors (Lipinski definition) is 2. The standard InChI is InChI=1S/C21H39NO/c1-16(2)19-11-14-22(15-12-19)13-5-6-18-7-9-20(10-8-18)21(23)17(3)4/h16-20H,5-15H2,1-4H3. The van der Waals surface area contributed by atoms with Crippen LogP contribution in [0.15, 0.2) is 0 Å². The van der Waals surface area contributed by atoms with Crippen molar-refractivity contribution in [1.82, 2.24) is 4.90 Å². The van der Waals surface area contributed by atoms with Crippen molar-refractivity contribution in [2.24, 2.45) is 29.6 Å². The van der Waals surface area contributed by atoms with E-state index in [-0.39, 0.29) is 5.92 Å². The van der Waals surface area contributed by atoms with Crippen molar-refractivity contribution >= 4 is 5.78 Å². The fourth-order valence-corrected chi connectivity index (χ4v) is 4.65. The number of carbonyl (C=O) groups is 1. The quantitative estimate of drug-likeness (QED) is 0.645. The molecule has 0 bridgehead atoms. The lowest BCUT2D eigenvalue weighted by Crippen LogP contribution is -2.36. The summed E-state index contributed by atoms with van der Waals surface area (Å²) >= 11 is 0. The Labute approximate surface area is 144 Å². The van der Waals surface area contributed by atoms with Crippen LogP contribution in [0.2, 0.25) is 0 Å². The van der Waals surface area contributed by atoms with Gasteiger partial charge in [0.2, 0.25) is 0 Å². The van der Waals surface area contributed by atoms with Crippen LogP contribution in [0.4, 0.5) is 0 Å². The molecule has 0 unspecified atom stereocenters. The maximum absolute atomic E-state index is 12.1. The highest BCUT2D eigenvalue weighted by molar-refractivity contribution is 5.82. The summed E-state index contributed by atoms with van der Waals surface area (Å²) in [6, 6.07) is 0. The lowest BCUT2D eigenvalue weighted by atomic mass is 9.76. The van der Waals surface area contributed by atoms with Gasteiger partial charge in [-0.25, -0.2) is 0 Å². The smallest absolute Gasteiger partial charge is 0.138 e. The second-order valence-corrected chi connectivity index (χ2v) is 8.84. The van der Waals surface area contributed by atoms with Gasteiger partial charge in [-0.05, 0) is 88.8 Å². The van der Waals surface area contributed by atoms with Crippen molar-refractivity contribution in [2.75, 3.05) is 19.6 Å². The average molecular weight is 322 g/mol. The van der Waals surface area contributed by atoms with Crippen LogP contribution in [0.1, 0.15) is 79.1 Å². The van der Waals surface area contributed by atoms with Crippen molar-refractivity contribution in [2.45, 2.75) is 79.1 Å². The SMILES string of the molecule is CC(C)C(=O)C1CCC(CCCN2CCC(C(C)C)CC2)CC1. The molecule has 0 spiro atoms. The molecule has 1 aliphatic carbocycles. The summed E-state index contributed by atoms with van der Waals surface area (Å²) < 4.78 is 0. The molecule has 134 valence electrons. The lowest BCUT2D eigenvalue weighted by Gasteiger charge is -2.34. The number of piperidine rings is 1. The van der Waals surface area contributed by atoms with Crippen LogP contribution >= 0.6 is 0 Å². The van der Waals surface area contributed by atoms with Crippen LogP contribution in [0.5, 0.6) is 0 Å². The Bertz CT molecular complexity index is 347. The molecule has 0 N–H and O–H groups in total. The summed E-state index contributed by atoms with van der Waals surface area (Å²) in [4.78, 5) is 14.8. The first-order valence-electron chi connectivity index (χ1n) is 10.2. The number of carbonyl (C=O) groups excluding carboxylic acids is 1. The molecular formula is C21H39NO. The minimum Gasteiger partial charge on any atom is -0.303 e. The first kappa shape index (κ1) is 19.0. The summed E-state index contributed by atoms with van der Waals surface area (Å²) in [6.07, 6.45) is 10.4. The highest BCUT2D eigenvalue weighted by atomic mass is 16.1. The monoisotopic (exact) mass is 321 g/mol. The molecule has 2 heteroatoms. The minimum atomic E-state index is 0.227. The fourth-order valence-electron chi connectivity index (χ4n) is 4.65. The fraction of sp³-hybridized carbons (Fsp3) is 0.952. The van der Waals surface area contributed by atoms with Gasteiger partial charge in [-0.15, -0.1) is 0 Å². The van der Waals surface area contributed by atoms with E-state index in [1.54, 1.807) is 0 Å². The summed E-state index contributed by atoms with van der Waals surface area (Å²) in [5.41, 5.74) is 0. The second-order valence-electron chi connectivity index (χ2n) is 8.84. The zero-order valence-corrected chi connectivity index (χ0v) is 16.0. The molecule has 1 heterocycles. The summed E-state index contributed by atoms with van der Waals surface area (Å²) in [7, 11) is 0. The normalized spacial score (nSPS) is 27.7. The van der Waals surface area contributed by atoms with Gasteiger partial charge in [0.1, 0.15) is 5.78 Å². The molecule has 2 aliphatic rings. The van der Waals surface area contributed by atoms with Crippen molar-refractivity contribution in [1.29, 1.82) is 0 Å². The van der Waals surface area contributed by atoms with Gasteiger partial charge in [-0.2, -0.15) is 0 Å². The van der Waals surface area contributed by atoms with Crippen molar-refractivity contribution in [3.63, 3.8) is 0 Å². The Balaban J connectivity index is 1.57. The number of hydrogen-bond donors (Lipinski definition) is 0. The van der Waals surface area contributed by atoms with Gasteiger partial charge in [-0.3, -0.25) is 4.79 Å². The largest absolute Gasteiger partial charge is 0.303 e. The van der Waals surface area contributed by atoms with E-state index in [0.717, 1.165) is 30.6 Å². The van der Waals surface area contributed by atoms with Crippen LogP contribution in [-0.4, -0.2) is 30.3 Å². The number of likely N-dealkylation sites (tertiary alicyclic amines) is 1. The van der Waals surface area contributed by atoms with Crippen molar-refractivity contribution in [3.8, 4) is 0 Å². The van der Waals surface area contributed by atoms with Gasteiger partial charge in [0.25, 0.3) is 0 Å². The maximum atomic E-state index is 12.1. The van der Waals surface area contributed by atoms with E-state index in [2.05, 4.69) is 32.6 Å². The molecule has 2 rings (SSSR count). The van der Waals surface area contributed by atoms with Crippen molar-refractivity contribution < 1.29 is 4.79 Å². The van der Waals surface area contributed by atoms with E-state index in [1.807, 2.05) is 0 Å². The van der Waals surface area contributed by atoms with E-state index in [0.29, 0.717) is 11.7 Å². The molecule has 0 atom stereocenters. The van der Waals surface area contributed by atoms with E-state index >= 15 is 0 Å². The number of Topliss-reactive ketones (excluding diaryl/α,β-unsaturated/α-hetero) is 1. The lowest BCUT2D eigenvalue weighted by molar-refractivity contribution is -0.127. The van der Waals surface area contributed by atoms with Crippen molar-refractivity contribution in [3.05, 3.63) is 0 Å². The zero-order chi connectivity index (χ0) is 16.8. The number of ketones is 1. The van der Waals surface area contributed by atoms with Gasteiger partial charge in [0.15, 0.2) is 0 Å². The van der Waals surface area contributed by atoms with E-state index in [9.17, 15) is 4.79 Å². The second kappa shape index (κ2) is 9.20. The van der Waals surface area contributed by atoms with Crippen LogP contribution < -0.4 is 0 Å². The highest BCUT2D eigenvalue weighted by Crippen LogP contribution is 2.33. The van der Waals surface area contributed by atoms with Gasteiger partial charge in [0, 0.05) is 11.8 Å². The molecule has 2 nitrogen and oxygen atoms in total. The predicted octanol–water partition coefficient (Wildman–Crippen LogP) is 5.17. The van der Waals surface area contributed by atoms with Gasteiger partial charge < -0.3 is 4.90 Å². The van der Waals surface area contributed by atoms with Crippen LogP contribution in [-0.2, 0) is 4.79 Å². The molecule has 0 amide bonds. The average Bonchev–Trinajstić information content (AvgIpc) is 2.55. The summed E-state index contributed by atoms with van der Waals surface area (Å²) in [6.45, 7) is 12.8. The molecular weight excluding hydrogens is 282 g/mol. The highest BCUT2D eigenvalue weighted by Gasteiger charge is 2.27. The summed E-state index contributed by atoms with van der Waals surface area (Å²) in [5.74, 6) is 3.82. The molecule has 0 aromatic rings. The third kappa shape index (κ3) is 5.89. The molecule has 0 aromatic carbocycles. The van der Waals surface area contributed by atoms with Gasteiger partial charge in [-0.1, -0.05) is 27.7 Å². The van der Waals surface area contributed by atoms with E-state index < -0.39 is 0 Å². The number of rotatable bonds is 7. The topological polar surface area (TPSA) is 20.3 Å². The Morgan fingerprint density at radius 1 is 0.957 bits per heavy atom. The van der Waals surface area contributed by atoms with Gasteiger partial charge in [0.05, 0.1) is 0 Å². The predicted molar refractivity (Wildman–Crippen MR) is 98.5 cm³/mol. The molecule has 1 saturated heterocycles. The first-order valence-corrected chi connectivity index (χ1v) is 10.2. The summed E-state index contributed by atoms with van der Waals surface area (Å²) in [5, 5.41) is 0. The number of nitrogens with zero attached hydrogens (tertiary/aromatic N) is 1. The Hall–Kier alpha value is -0.370. The minimum absolute atomic E-state index is 0.227. The van der Waals surface area contributed by atoms with E-state index in [1.165, 1.54) is 58.2 Å². The zero-order valence-electron chi connectivity index (χ0n) is 16.0. The Morgan fingerprint density at radius 3 is 2.09 bits per heavy atom. The van der Waals surface area contributed by atoms with Crippen LogP contribution in [0.25, 0.3) is 0 Å². The molecule has 23 heavy (non-hydrogen) atoms. The van der Waals surface area contributed by atoms with Crippen LogP contribution in [0, 0.1) is 29.6 Å². The third-order valence-corrected chi connectivity index (χ3v) is 6.48. The molecule has 0 aromatic heterocycles. The Kier molecular flexibility index (Phi) is 7.59. The molecule has 1 saturated carbocycles. The van der Waals surface area contributed by atoms with E-state index in [4.69, 9.17) is 0 Å². The maximum Gasteiger partial charge on any atom is 0.138 e. The first-order chi connectivity index (χ1) is 11.0. The van der Waals surface area contributed by atoms with Crippen LogP contribution in [0.3, 0.4) is 0 Å². The molecule has 1 aliphatic heterocycles. The molecule has 0 radical (unpaired) electrons. The Morgan fingerprint density at radius 2 is 1.57 bits per heavy atom. The third-order valence-electron chi connectivity index (χ3n) is 6.48. The van der Waals surface area contributed by atoms with Gasteiger partial charge >= 0.3 is 0 Å².